The Hall–Kier alpha value is -2.86. The van der Waals surface area contributed by atoms with E-state index in [1.54, 1.807) is 29.2 Å². The number of hydrogen-bond donors (Lipinski definition) is 1. The van der Waals surface area contributed by atoms with Crippen LogP contribution < -0.4 is 10.2 Å². The summed E-state index contributed by atoms with van der Waals surface area (Å²) in [5, 5.41) is 2.76. The van der Waals surface area contributed by atoms with Crippen LogP contribution in [-0.2, 0) is 6.54 Å². The number of benzene rings is 2. The Labute approximate surface area is 152 Å². The van der Waals surface area contributed by atoms with Crippen LogP contribution in [0.25, 0.3) is 0 Å². The molecule has 2 heterocycles. The first-order valence-electron chi connectivity index (χ1n) is 7.68. The number of amides is 2. The number of anilines is 2. The van der Waals surface area contributed by atoms with Gasteiger partial charge in [0.15, 0.2) is 10.4 Å². The lowest BCUT2D eigenvalue weighted by Crippen LogP contribution is -2.22. The first-order valence-corrected chi connectivity index (χ1v) is 8.47. The van der Waals surface area contributed by atoms with E-state index >= 15 is 0 Å². The molecule has 5 nitrogen and oxygen atoms in total. The maximum absolute atomic E-state index is 12.5. The molecule has 0 saturated heterocycles. The number of furan rings is 1. The Balaban J connectivity index is 1.50. The number of hydrogen-bond acceptors (Lipinski definition) is 3. The molecule has 3 aromatic rings. The molecule has 6 heteroatoms. The van der Waals surface area contributed by atoms with Gasteiger partial charge in [-0.05, 0) is 64.0 Å². The van der Waals surface area contributed by atoms with Gasteiger partial charge >= 0.3 is 0 Å². The van der Waals surface area contributed by atoms with E-state index in [4.69, 9.17) is 4.42 Å². The molecule has 0 radical (unpaired) electrons. The first kappa shape index (κ1) is 15.7. The Morgan fingerprint density at radius 3 is 2.48 bits per heavy atom. The zero-order chi connectivity index (χ0) is 17.4. The maximum Gasteiger partial charge on any atom is 0.291 e. The Morgan fingerprint density at radius 2 is 1.80 bits per heavy atom. The number of fused-ring (bicyclic) bond motifs is 1. The molecule has 1 N–H and O–H groups in total. The lowest BCUT2D eigenvalue weighted by Gasteiger charge is -2.16. The van der Waals surface area contributed by atoms with Gasteiger partial charge in [-0.2, -0.15) is 0 Å². The first-order chi connectivity index (χ1) is 12.1. The minimum atomic E-state index is -0.330. The summed E-state index contributed by atoms with van der Waals surface area (Å²) in [6, 6.07) is 18.0. The van der Waals surface area contributed by atoms with Crippen molar-refractivity contribution in [3.05, 3.63) is 82.2 Å². The molecule has 0 aliphatic carbocycles. The number of halogens is 1. The molecule has 25 heavy (non-hydrogen) atoms. The molecule has 2 amide bonds. The molecule has 0 unspecified atom stereocenters. The summed E-state index contributed by atoms with van der Waals surface area (Å²) in [6.07, 6.45) is 0. The number of carbonyl (C=O) groups excluding carboxylic acids is 2. The molecule has 124 valence electrons. The third-order valence-electron chi connectivity index (χ3n) is 4.06. The van der Waals surface area contributed by atoms with Crippen molar-refractivity contribution in [2.45, 2.75) is 6.54 Å². The summed E-state index contributed by atoms with van der Waals surface area (Å²) in [7, 11) is 0. The van der Waals surface area contributed by atoms with Crippen LogP contribution in [0.3, 0.4) is 0 Å². The van der Waals surface area contributed by atoms with Crippen LogP contribution in [-0.4, -0.2) is 11.8 Å². The fourth-order valence-electron chi connectivity index (χ4n) is 2.82. The van der Waals surface area contributed by atoms with Crippen LogP contribution in [0.2, 0.25) is 0 Å². The standard InChI is InChI=1S/C19H13BrN2O3/c20-17-10-9-16(25-17)18(23)21-13-5-7-14(8-6-13)22-11-12-3-1-2-4-15(12)19(22)24/h1-10H,11H2,(H,21,23). The second-order valence-corrected chi connectivity index (χ2v) is 6.43. The zero-order valence-electron chi connectivity index (χ0n) is 13.0. The van der Waals surface area contributed by atoms with Crippen molar-refractivity contribution >= 4 is 39.1 Å². The summed E-state index contributed by atoms with van der Waals surface area (Å²) >= 11 is 3.17. The highest BCUT2D eigenvalue weighted by Crippen LogP contribution is 2.29. The smallest absolute Gasteiger partial charge is 0.291 e. The summed E-state index contributed by atoms with van der Waals surface area (Å²) in [5.41, 5.74) is 3.18. The predicted octanol–water partition coefficient (Wildman–Crippen LogP) is 4.45. The third-order valence-corrected chi connectivity index (χ3v) is 4.48. The lowest BCUT2D eigenvalue weighted by molar-refractivity contribution is 0.0988. The van der Waals surface area contributed by atoms with Gasteiger partial charge in [-0.3, -0.25) is 9.59 Å². The van der Waals surface area contributed by atoms with Gasteiger partial charge in [0.1, 0.15) is 0 Å². The fourth-order valence-corrected chi connectivity index (χ4v) is 3.12. The molecule has 0 spiro atoms. The van der Waals surface area contributed by atoms with Gasteiger partial charge in [-0.1, -0.05) is 18.2 Å². The van der Waals surface area contributed by atoms with Gasteiger partial charge in [0.05, 0.1) is 6.54 Å². The molecule has 1 aliphatic heterocycles. The molecule has 2 aromatic carbocycles. The van der Waals surface area contributed by atoms with Crippen molar-refractivity contribution < 1.29 is 14.0 Å². The van der Waals surface area contributed by atoms with Crippen molar-refractivity contribution in [1.29, 1.82) is 0 Å². The van der Waals surface area contributed by atoms with Crippen LogP contribution in [0.5, 0.6) is 0 Å². The molecule has 4 rings (SSSR count). The SMILES string of the molecule is O=C(Nc1ccc(N2Cc3ccccc3C2=O)cc1)c1ccc(Br)o1. The van der Waals surface area contributed by atoms with Gasteiger partial charge in [0.2, 0.25) is 0 Å². The predicted molar refractivity (Wildman–Crippen MR) is 97.8 cm³/mol. The zero-order valence-corrected chi connectivity index (χ0v) is 14.6. The van der Waals surface area contributed by atoms with Crippen LogP contribution in [0.1, 0.15) is 26.5 Å². The monoisotopic (exact) mass is 396 g/mol. The van der Waals surface area contributed by atoms with Gasteiger partial charge in [-0.15, -0.1) is 0 Å². The van der Waals surface area contributed by atoms with E-state index in [2.05, 4.69) is 21.2 Å². The van der Waals surface area contributed by atoms with E-state index in [0.29, 0.717) is 16.9 Å². The summed E-state index contributed by atoms with van der Waals surface area (Å²) in [4.78, 5) is 26.3. The number of nitrogens with zero attached hydrogens (tertiary/aromatic N) is 1. The van der Waals surface area contributed by atoms with Gasteiger partial charge in [-0.25, -0.2) is 0 Å². The summed E-state index contributed by atoms with van der Waals surface area (Å²) in [5.74, 6) is -0.114. The Kier molecular flexibility index (Phi) is 3.89. The number of rotatable bonds is 3. The number of carbonyl (C=O) groups is 2. The van der Waals surface area contributed by atoms with Crippen LogP contribution in [0.15, 0.2) is 69.8 Å². The Bertz CT molecular complexity index is 963. The van der Waals surface area contributed by atoms with E-state index in [9.17, 15) is 9.59 Å². The summed E-state index contributed by atoms with van der Waals surface area (Å²) < 4.78 is 5.72. The van der Waals surface area contributed by atoms with E-state index < -0.39 is 0 Å². The molecule has 0 atom stereocenters. The molecule has 1 aliphatic rings. The van der Waals surface area contributed by atoms with Gasteiger partial charge < -0.3 is 14.6 Å². The van der Waals surface area contributed by atoms with Crippen molar-refractivity contribution in [2.24, 2.45) is 0 Å². The second-order valence-electron chi connectivity index (χ2n) is 5.65. The third kappa shape index (κ3) is 2.96. The van der Waals surface area contributed by atoms with Crippen LogP contribution in [0.4, 0.5) is 11.4 Å². The highest BCUT2D eigenvalue weighted by Gasteiger charge is 2.27. The van der Waals surface area contributed by atoms with E-state index in [1.165, 1.54) is 0 Å². The second kappa shape index (κ2) is 6.22. The quantitative estimate of drug-likeness (QED) is 0.710. The highest BCUT2D eigenvalue weighted by atomic mass is 79.9. The molecule has 1 aromatic heterocycles. The Morgan fingerprint density at radius 1 is 1.04 bits per heavy atom. The van der Waals surface area contributed by atoms with E-state index in [0.717, 1.165) is 16.8 Å². The van der Waals surface area contributed by atoms with Crippen LogP contribution >= 0.6 is 15.9 Å². The largest absolute Gasteiger partial charge is 0.444 e. The van der Waals surface area contributed by atoms with E-state index in [-0.39, 0.29) is 17.6 Å². The minimum absolute atomic E-state index is 0.00665. The van der Waals surface area contributed by atoms with Crippen molar-refractivity contribution in [3.8, 4) is 0 Å². The maximum atomic E-state index is 12.5. The van der Waals surface area contributed by atoms with Crippen molar-refractivity contribution in [3.63, 3.8) is 0 Å². The normalized spacial score (nSPS) is 13.0. The molecular formula is C19H13BrN2O3. The topological polar surface area (TPSA) is 62.6 Å². The fraction of sp³-hybridized carbons (Fsp3) is 0.0526. The van der Waals surface area contributed by atoms with Crippen LogP contribution in [0, 0.1) is 0 Å². The molecular weight excluding hydrogens is 384 g/mol. The average Bonchev–Trinajstić information content (AvgIpc) is 3.20. The van der Waals surface area contributed by atoms with Crippen molar-refractivity contribution in [1.82, 2.24) is 0 Å². The lowest BCUT2D eigenvalue weighted by atomic mass is 10.1. The number of nitrogens with one attached hydrogen (secondary N) is 1. The minimum Gasteiger partial charge on any atom is -0.444 e. The molecule has 0 fully saturated rings. The highest BCUT2D eigenvalue weighted by molar-refractivity contribution is 9.10. The van der Waals surface area contributed by atoms with Gasteiger partial charge in [0, 0.05) is 16.9 Å². The molecule has 0 bridgehead atoms. The summed E-state index contributed by atoms with van der Waals surface area (Å²) in [6.45, 7) is 0.557. The molecule has 0 saturated carbocycles. The van der Waals surface area contributed by atoms with Gasteiger partial charge in [0.25, 0.3) is 11.8 Å². The average molecular weight is 397 g/mol. The van der Waals surface area contributed by atoms with Crippen molar-refractivity contribution in [2.75, 3.05) is 10.2 Å². The van der Waals surface area contributed by atoms with E-state index in [1.807, 2.05) is 36.4 Å².